The number of para-hydroxylation sites is 1. The van der Waals surface area contributed by atoms with E-state index < -0.39 is 0 Å². The molecule has 1 aliphatic rings. The number of amides is 2. The SMILES string of the molecule is Cc1ccccc1-n1c(C)nnc1SCC(=O)N1CCN(C(=O)COc2ccc(Cl)cc2)C(C)C1. The van der Waals surface area contributed by atoms with Crippen molar-refractivity contribution in [3.8, 4) is 11.4 Å². The van der Waals surface area contributed by atoms with Gasteiger partial charge in [0.2, 0.25) is 5.91 Å². The number of carbonyl (C=O) groups is 2. The van der Waals surface area contributed by atoms with E-state index in [0.717, 1.165) is 17.1 Å². The van der Waals surface area contributed by atoms with Gasteiger partial charge in [0.25, 0.3) is 5.91 Å². The molecule has 1 aliphatic heterocycles. The molecule has 184 valence electrons. The molecule has 0 N–H and O–H groups in total. The van der Waals surface area contributed by atoms with E-state index in [0.29, 0.717) is 35.6 Å². The van der Waals surface area contributed by atoms with Crippen molar-refractivity contribution in [1.82, 2.24) is 24.6 Å². The molecule has 4 rings (SSSR count). The molecular weight excluding hydrogens is 486 g/mol. The van der Waals surface area contributed by atoms with Gasteiger partial charge in [-0.1, -0.05) is 41.6 Å². The Kier molecular flexibility index (Phi) is 7.97. The van der Waals surface area contributed by atoms with Crippen LogP contribution in [0.1, 0.15) is 18.3 Å². The summed E-state index contributed by atoms with van der Waals surface area (Å²) in [5, 5.41) is 9.80. The van der Waals surface area contributed by atoms with Crippen molar-refractivity contribution < 1.29 is 14.3 Å². The highest BCUT2D eigenvalue weighted by Crippen LogP contribution is 2.24. The Morgan fingerprint density at radius 1 is 1.06 bits per heavy atom. The van der Waals surface area contributed by atoms with Gasteiger partial charge < -0.3 is 14.5 Å². The monoisotopic (exact) mass is 513 g/mol. The number of aryl methyl sites for hydroxylation is 2. The van der Waals surface area contributed by atoms with E-state index in [1.54, 1.807) is 29.2 Å². The minimum absolute atomic E-state index is 0.0170. The first-order chi connectivity index (χ1) is 16.8. The summed E-state index contributed by atoms with van der Waals surface area (Å²) in [5.74, 6) is 1.54. The van der Waals surface area contributed by atoms with Crippen molar-refractivity contribution in [2.45, 2.75) is 32.0 Å². The number of ether oxygens (including phenoxy) is 1. The summed E-state index contributed by atoms with van der Waals surface area (Å²) in [4.78, 5) is 29.2. The zero-order chi connectivity index (χ0) is 24.9. The Balaban J connectivity index is 1.30. The average molecular weight is 514 g/mol. The zero-order valence-electron chi connectivity index (χ0n) is 20.0. The molecule has 0 radical (unpaired) electrons. The van der Waals surface area contributed by atoms with Crippen LogP contribution >= 0.6 is 23.4 Å². The second-order valence-corrected chi connectivity index (χ2v) is 9.84. The van der Waals surface area contributed by atoms with E-state index in [1.807, 2.05) is 54.5 Å². The van der Waals surface area contributed by atoms with E-state index in [-0.39, 0.29) is 30.2 Å². The predicted octanol–water partition coefficient (Wildman–Crippen LogP) is 3.77. The van der Waals surface area contributed by atoms with Gasteiger partial charge in [0, 0.05) is 30.7 Å². The lowest BCUT2D eigenvalue weighted by Crippen LogP contribution is -2.56. The van der Waals surface area contributed by atoms with Crippen LogP contribution in [0.4, 0.5) is 0 Å². The number of aromatic nitrogens is 3. The van der Waals surface area contributed by atoms with Gasteiger partial charge in [0.15, 0.2) is 11.8 Å². The minimum atomic E-state index is -0.101. The van der Waals surface area contributed by atoms with Gasteiger partial charge in [-0.25, -0.2) is 0 Å². The fraction of sp³-hybridized carbons (Fsp3) is 0.360. The Labute approximate surface area is 214 Å². The zero-order valence-corrected chi connectivity index (χ0v) is 21.6. The number of nitrogens with zero attached hydrogens (tertiary/aromatic N) is 5. The molecule has 1 fully saturated rings. The number of hydrogen-bond donors (Lipinski definition) is 0. The summed E-state index contributed by atoms with van der Waals surface area (Å²) < 4.78 is 7.57. The molecule has 0 saturated carbocycles. The van der Waals surface area contributed by atoms with E-state index in [9.17, 15) is 9.59 Å². The highest BCUT2D eigenvalue weighted by atomic mass is 35.5. The van der Waals surface area contributed by atoms with Crippen LogP contribution in [0, 0.1) is 13.8 Å². The molecule has 3 aromatic rings. The first-order valence-electron chi connectivity index (χ1n) is 11.4. The summed E-state index contributed by atoms with van der Waals surface area (Å²) in [6, 6.07) is 14.8. The molecule has 1 aromatic heterocycles. The second-order valence-electron chi connectivity index (χ2n) is 8.46. The molecule has 0 bridgehead atoms. The molecule has 35 heavy (non-hydrogen) atoms. The highest BCUT2D eigenvalue weighted by Gasteiger charge is 2.30. The van der Waals surface area contributed by atoms with Gasteiger partial charge in [-0.3, -0.25) is 14.2 Å². The van der Waals surface area contributed by atoms with E-state index >= 15 is 0 Å². The molecule has 1 saturated heterocycles. The summed E-state index contributed by atoms with van der Waals surface area (Å²) in [5.41, 5.74) is 2.12. The lowest BCUT2D eigenvalue weighted by atomic mass is 10.2. The van der Waals surface area contributed by atoms with Crippen molar-refractivity contribution in [3.63, 3.8) is 0 Å². The van der Waals surface area contributed by atoms with E-state index in [4.69, 9.17) is 16.3 Å². The third kappa shape index (κ3) is 5.97. The van der Waals surface area contributed by atoms with Crippen molar-refractivity contribution in [2.75, 3.05) is 32.0 Å². The molecular formula is C25H28ClN5O3S. The molecule has 1 atom stereocenters. The van der Waals surface area contributed by atoms with Crippen molar-refractivity contribution in [2.24, 2.45) is 0 Å². The lowest BCUT2D eigenvalue weighted by Gasteiger charge is -2.39. The molecule has 0 spiro atoms. The van der Waals surface area contributed by atoms with Crippen molar-refractivity contribution in [1.29, 1.82) is 0 Å². The van der Waals surface area contributed by atoms with Gasteiger partial charge in [0.05, 0.1) is 11.4 Å². The highest BCUT2D eigenvalue weighted by molar-refractivity contribution is 7.99. The van der Waals surface area contributed by atoms with Crippen molar-refractivity contribution >= 4 is 35.2 Å². The number of piperazine rings is 1. The summed E-state index contributed by atoms with van der Waals surface area (Å²) in [7, 11) is 0. The van der Waals surface area contributed by atoms with Crippen LogP contribution in [0.25, 0.3) is 5.69 Å². The normalized spacial score (nSPS) is 15.8. The summed E-state index contributed by atoms with van der Waals surface area (Å²) in [6.07, 6.45) is 0. The third-order valence-electron chi connectivity index (χ3n) is 5.95. The molecule has 8 nitrogen and oxygen atoms in total. The Hall–Kier alpha value is -3.04. The number of carbonyl (C=O) groups excluding carboxylic acids is 2. The van der Waals surface area contributed by atoms with E-state index in [1.165, 1.54) is 11.8 Å². The van der Waals surface area contributed by atoms with Gasteiger partial charge in [-0.15, -0.1) is 10.2 Å². The summed E-state index contributed by atoms with van der Waals surface area (Å²) >= 11 is 7.26. The van der Waals surface area contributed by atoms with E-state index in [2.05, 4.69) is 10.2 Å². The van der Waals surface area contributed by atoms with Crippen molar-refractivity contribution in [3.05, 3.63) is 64.9 Å². The lowest BCUT2D eigenvalue weighted by molar-refractivity contribution is -0.142. The number of halogens is 1. The summed E-state index contributed by atoms with van der Waals surface area (Å²) in [6.45, 7) is 7.28. The quantitative estimate of drug-likeness (QED) is 0.447. The maximum Gasteiger partial charge on any atom is 0.260 e. The first-order valence-corrected chi connectivity index (χ1v) is 12.8. The maximum atomic E-state index is 13.0. The standard InChI is InChI=1S/C25H28ClN5O3S/c1-17-6-4-5-7-22(17)31-19(3)27-28-25(31)35-16-24(33)29-12-13-30(18(2)14-29)23(32)15-34-21-10-8-20(26)9-11-21/h4-11,18H,12-16H2,1-3H3. The third-order valence-corrected chi connectivity index (χ3v) is 7.12. The molecule has 2 aromatic carbocycles. The number of rotatable bonds is 7. The molecule has 2 heterocycles. The Bertz CT molecular complexity index is 1200. The number of thioether (sulfide) groups is 1. The largest absolute Gasteiger partial charge is 0.484 e. The Morgan fingerprint density at radius 2 is 1.80 bits per heavy atom. The molecule has 2 amide bonds. The van der Waals surface area contributed by atoms with Gasteiger partial charge in [0.1, 0.15) is 11.6 Å². The predicted molar refractivity (Wildman–Crippen MR) is 136 cm³/mol. The van der Waals surface area contributed by atoms with Crippen LogP contribution in [0.15, 0.2) is 53.7 Å². The van der Waals surface area contributed by atoms with Crippen LogP contribution < -0.4 is 4.74 Å². The molecule has 1 unspecified atom stereocenters. The van der Waals surface area contributed by atoms with Crippen LogP contribution in [-0.2, 0) is 9.59 Å². The van der Waals surface area contributed by atoms with Gasteiger partial charge in [-0.05, 0) is 56.7 Å². The Morgan fingerprint density at radius 3 is 2.51 bits per heavy atom. The van der Waals surface area contributed by atoms with Crippen LogP contribution in [-0.4, -0.2) is 74.4 Å². The average Bonchev–Trinajstić information content (AvgIpc) is 3.22. The fourth-order valence-corrected chi connectivity index (χ4v) is 5.08. The fourth-order valence-electron chi connectivity index (χ4n) is 4.06. The molecule has 0 aliphatic carbocycles. The van der Waals surface area contributed by atoms with Gasteiger partial charge >= 0.3 is 0 Å². The topological polar surface area (TPSA) is 80.6 Å². The van der Waals surface area contributed by atoms with Crippen LogP contribution in [0.3, 0.4) is 0 Å². The number of hydrogen-bond acceptors (Lipinski definition) is 6. The molecule has 10 heteroatoms. The van der Waals surface area contributed by atoms with Crippen LogP contribution in [0.2, 0.25) is 5.02 Å². The second kappa shape index (κ2) is 11.1. The van der Waals surface area contributed by atoms with Gasteiger partial charge in [-0.2, -0.15) is 0 Å². The number of benzene rings is 2. The smallest absolute Gasteiger partial charge is 0.260 e. The first kappa shape index (κ1) is 25.1. The van der Waals surface area contributed by atoms with Crippen LogP contribution in [0.5, 0.6) is 5.75 Å². The maximum absolute atomic E-state index is 13.0. The minimum Gasteiger partial charge on any atom is -0.484 e.